The molecule has 2 N–H and O–H groups in total. The molecule has 1 heterocycles. The van der Waals surface area contributed by atoms with E-state index in [0.29, 0.717) is 6.61 Å². The van der Waals surface area contributed by atoms with Gasteiger partial charge in [-0.15, -0.1) is 24.8 Å². The smallest absolute Gasteiger partial charge is 0.239 e. The van der Waals surface area contributed by atoms with Crippen LogP contribution < -0.4 is 10.5 Å². The number of amides is 1. The average Bonchev–Trinajstić information content (AvgIpc) is 2.48. The Bertz CT molecular complexity index is 424. The number of ether oxygens (including phenoxy) is 1. The van der Waals surface area contributed by atoms with Gasteiger partial charge >= 0.3 is 0 Å². The minimum atomic E-state index is -0.400. The van der Waals surface area contributed by atoms with Crippen LogP contribution in [0.3, 0.4) is 0 Å². The van der Waals surface area contributed by atoms with E-state index in [1.54, 1.807) is 6.92 Å². The molecular weight excluding hydrogens is 325 g/mol. The number of piperazine rings is 1. The molecule has 1 amide bonds. The third-order valence-electron chi connectivity index (χ3n) is 3.49. The van der Waals surface area contributed by atoms with Crippen LogP contribution in [0.2, 0.25) is 0 Å². The van der Waals surface area contributed by atoms with Crippen molar-refractivity contribution >= 4 is 30.7 Å². The summed E-state index contributed by atoms with van der Waals surface area (Å²) in [6.45, 7) is 6.58. The minimum Gasteiger partial charge on any atom is -0.492 e. The van der Waals surface area contributed by atoms with Gasteiger partial charge in [-0.05, 0) is 19.1 Å². The number of nitrogens with zero attached hydrogens (tertiary/aromatic N) is 2. The second kappa shape index (κ2) is 10.7. The molecule has 7 heteroatoms. The van der Waals surface area contributed by atoms with Crippen molar-refractivity contribution in [3.05, 3.63) is 30.3 Å². The second-order valence-electron chi connectivity index (χ2n) is 5.12. The molecule has 1 aromatic rings. The Balaban J connectivity index is 0.00000220. The van der Waals surface area contributed by atoms with Crippen LogP contribution in [0.15, 0.2) is 30.3 Å². The van der Waals surface area contributed by atoms with E-state index < -0.39 is 6.04 Å². The quantitative estimate of drug-likeness (QED) is 0.872. The van der Waals surface area contributed by atoms with Crippen molar-refractivity contribution in [3.8, 4) is 5.75 Å². The molecule has 0 saturated carbocycles. The lowest BCUT2D eigenvalue weighted by Gasteiger charge is -2.35. The third-order valence-corrected chi connectivity index (χ3v) is 3.49. The van der Waals surface area contributed by atoms with Crippen molar-refractivity contribution in [1.29, 1.82) is 0 Å². The first kappa shape index (κ1) is 21.0. The van der Waals surface area contributed by atoms with E-state index in [4.69, 9.17) is 10.5 Å². The van der Waals surface area contributed by atoms with E-state index in [1.165, 1.54) is 0 Å². The summed E-state index contributed by atoms with van der Waals surface area (Å²) >= 11 is 0. The zero-order valence-electron chi connectivity index (χ0n) is 12.8. The lowest BCUT2D eigenvalue weighted by atomic mass is 10.2. The van der Waals surface area contributed by atoms with Gasteiger partial charge in [-0.25, -0.2) is 0 Å². The van der Waals surface area contributed by atoms with E-state index in [-0.39, 0.29) is 30.7 Å². The number of nitrogens with two attached hydrogens (primary N) is 1. The topological polar surface area (TPSA) is 58.8 Å². The molecule has 0 unspecified atom stereocenters. The van der Waals surface area contributed by atoms with E-state index >= 15 is 0 Å². The molecule has 5 nitrogen and oxygen atoms in total. The van der Waals surface area contributed by atoms with Crippen molar-refractivity contribution in [3.63, 3.8) is 0 Å². The summed E-state index contributed by atoms with van der Waals surface area (Å²) in [5.41, 5.74) is 5.62. The second-order valence-corrected chi connectivity index (χ2v) is 5.12. The SMILES string of the molecule is C[C@@H](N)C(=O)N1CCN(CCOc2ccccc2)CC1.Cl.Cl. The maximum atomic E-state index is 11.8. The van der Waals surface area contributed by atoms with Crippen molar-refractivity contribution < 1.29 is 9.53 Å². The van der Waals surface area contributed by atoms with Gasteiger partial charge in [0.25, 0.3) is 0 Å². The van der Waals surface area contributed by atoms with Crippen molar-refractivity contribution in [2.24, 2.45) is 5.73 Å². The molecule has 0 spiro atoms. The van der Waals surface area contributed by atoms with Gasteiger partial charge < -0.3 is 15.4 Å². The van der Waals surface area contributed by atoms with Gasteiger partial charge in [-0.2, -0.15) is 0 Å². The number of hydrogen-bond acceptors (Lipinski definition) is 4. The van der Waals surface area contributed by atoms with Crippen LogP contribution in [0.1, 0.15) is 6.92 Å². The molecule has 1 aliphatic heterocycles. The van der Waals surface area contributed by atoms with Crippen LogP contribution in [0, 0.1) is 0 Å². The van der Waals surface area contributed by atoms with Crippen LogP contribution in [-0.4, -0.2) is 61.1 Å². The average molecular weight is 350 g/mol. The van der Waals surface area contributed by atoms with Gasteiger partial charge in [0.2, 0.25) is 5.91 Å². The van der Waals surface area contributed by atoms with Crippen LogP contribution >= 0.6 is 24.8 Å². The molecule has 2 rings (SSSR count). The summed E-state index contributed by atoms with van der Waals surface area (Å²) in [5.74, 6) is 0.948. The standard InChI is InChI=1S/C15H23N3O2.2ClH/c1-13(16)15(19)18-9-7-17(8-10-18)11-12-20-14-5-3-2-4-6-14;;/h2-6,13H,7-12,16H2,1H3;2*1H/t13-;;/m1../s1. The zero-order chi connectivity index (χ0) is 14.4. The Morgan fingerprint density at radius 2 is 1.77 bits per heavy atom. The number of carbonyl (C=O) groups is 1. The normalized spacial score (nSPS) is 16.2. The number of halogens is 2. The summed E-state index contributed by atoms with van der Waals surface area (Å²) in [6.07, 6.45) is 0. The summed E-state index contributed by atoms with van der Waals surface area (Å²) < 4.78 is 5.68. The van der Waals surface area contributed by atoms with Crippen LogP contribution in [0.4, 0.5) is 0 Å². The summed E-state index contributed by atoms with van der Waals surface area (Å²) in [4.78, 5) is 15.9. The summed E-state index contributed by atoms with van der Waals surface area (Å²) in [7, 11) is 0. The first-order valence-corrected chi connectivity index (χ1v) is 7.11. The molecule has 0 radical (unpaired) electrons. The lowest BCUT2D eigenvalue weighted by molar-refractivity contribution is -0.133. The van der Waals surface area contributed by atoms with E-state index in [9.17, 15) is 4.79 Å². The minimum absolute atomic E-state index is 0. The van der Waals surface area contributed by atoms with Crippen molar-refractivity contribution in [1.82, 2.24) is 9.80 Å². The van der Waals surface area contributed by atoms with Crippen molar-refractivity contribution in [2.75, 3.05) is 39.3 Å². The van der Waals surface area contributed by atoms with E-state index in [1.807, 2.05) is 35.2 Å². The Morgan fingerprint density at radius 3 is 2.32 bits per heavy atom. The Kier molecular flexibility index (Phi) is 10.2. The fraction of sp³-hybridized carbons (Fsp3) is 0.533. The summed E-state index contributed by atoms with van der Waals surface area (Å²) in [6, 6.07) is 9.42. The molecule has 1 fully saturated rings. The highest BCUT2D eigenvalue weighted by atomic mass is 35.5. The fourth-order valence-corrected chi connectivity index (χ4v) is 2.29. The maximum Gasteiger partial charge on any atom is 0.239 e. The van der Waals surface area contributed by atoms with Crippen LogP contribution in [0.25, 0.3) is 0 Å². The highest BCUT2D eigenvalue weighted by Gasteiger charge is 2.22. The molecule has 1 atom stereocenters. The number of carbonyl (C=O) groups excluding carboxylic acids is 1. The monoisotopic (exact) mass is 349 g/mol. The first-order valence-electron chi connectivity index (χ1n) is 7.11. The van der Waals surface area contributed by atoms with Gasteiger partial charge in [-0.1, -0.05) is 18.2 Å². The number of benzene rings is 1. The Morgan fingerprint density at radius 1 is 1.18 bits per heavy atom. The fourth-order valence-electron chi connectivity index (χ4n) is 2.29. The van der Waals surface area contributed by atoms with Gasteiger partial charge in [-0.3, -0.25) is 9.69 Å². The highest BCUT2D eigenvalue weighted by molar-refractivity contribution is 5.85. The molecule has 0 aromatic heterocycles. The molecule has 22 heavy (non-hydrogen) atoms. The van der Waals surface area contributed by atoms with Crippen LogP contribution in [-0.2, 0) is 4.79 Å². The molecule has 126 valence electrons. The molecule has 1 aliphatic rings. The molecule has 1 aromatic carbocycles. The Hall–Kier alpha value is -1.01. The van der Waals surface area contributed by atoms with Gasteiger partial charge in [0.1, 0.15) is 12.4 Å². The predicted molar refractivity (Wildman–Crippen MR) is 93.1 cm³/mol. The molecular formula is C15H25Cl2N3O2. The predicted octanol–water partition coefficient (Wildman–Crippen LogP) is 1.40. The number of para-hydroxylation sites is 1. The lowest BCUT2D eigenvalue weighted by Crippen LogP contribution is -2.53. The van der Waals surface area contributed by atoms with Gasteiger partial charge in [0, 0.05) is 32.7 Å². The largest absolute Gasteiger partial charge is 0.492 e. The first-order chi connectivity index (χ1) is 9.66. The van der Waals surface area contributed by atoms with Crippen molar-refractivity contribution in [2.45, 2.75) is 13.0 Å². The number of hydrogen-bond donors (Lipinski definition) is 1. The van der Waals surface area contributed by atoms with Gasteiger partial charge in [0.05, 0.1) is 6.04 Å². The zero-order valence-corrected chi connectivity index (χ0v) is 14.4. The molecule has 1 saturated heterocycles. The van der Waals surface area contributed by atoms with E-state index in [0.717, 1.165) is 38.5 Å². The molecule has 0 bridgehead atoms. The van der Waals surface area contributed by atoms with Crippen LogP contribution in [0.5, 0.6) is 5.75 Å². The Labute approximate surface area is 144 Å². The highest BCUT2D eigenvalue weighted by Crippen LogP contribution is 2.08. The van der Waals surface area contributed by atoms with Gasteiger partial charge in [0.15, 0.2) is 0 Å². The maximum absolute atomic E-state index is 11.8. The van der Waals surface area contributed by atoms with E-state index in [2.05, 4.69) is 4.90 Å². The molecule has 0 aliphatic carbocycles. The third kappa shape index (κ3) is 6.40. The summed E-state index contributed by atoms with van der Waals surface area (Å²) in [5, 5.41) is 0. The number of rotatable bonds is 5.